The molecular formula is C10H10ClIO3. The van der Waals surface area contributed by atoms with E-state index in [9.17, 15) is 5.11 Å². The third-order valence-corrected chi connectivity index (χ3v) is 3.30. The van der Waals surface area contributed by atoms with Crippen LogP contribution in [0, 0.1) is 3.57 Å². The highest BCUT2D eigenvalue weighted by Gasteiger charge is 2.28. The van der Waals surface area contributed by atoms with Crippen molar-refractivity contribution in [1.29, 1.82) is 0 Å². The summed E-state index contributed by atoms with van der Waals surface area (Å²) in [6.45, 7) is 0.756. The molecule has 1 aromatic carbocycles. The van der Waals surface area contributed by atoms with Crippen LogP contribution in [0.25, 0.3) is 0 Å². The number of ether oxygens (including phenoxy) is 2. The van der Waals surface area contributed by atoms with Gasteiger partial charge in [-0.25, -0.2) is 0 Å². The molecule has 0 spiro atoms. The van der Waals surface area contributed by atoms with E-state index in [4.69, 9.17) is 21.1 Å². The molecule has 2 rings (SSSR count). The number of benzene rings is 1. The molecule has 82 valence electrons. The Morgan fingerprint density at radius 1 is 1.47 bits per heavy atom. The molecule has 0 aromatic heterocycles. The van der Waals surface area contributed by atoms with Gasteiger partial charge < -0.3 is 14.6 Å². The molecule has 1 saturated heterocycles. The Morgan fingerprint density at radius 3 is 2.93 bits per heavy atom. The Morgan fingerprint density at radius 2 is 2.27 bits per heavy atom. The van der Waals surface area contributed by atoms with Crippen molar-refractivity contribution in [3.63, 3.8) is 0 Å². The van der Waals surface area contributed by atoms with E-state index in [2.05, 4.69) is 22.6 Å². The molecule has 1 N–H and O–H groups in total. The zero-order chi connectivity index (χ0) is 10.8. The largest absolute Gasteiger partial charge is 0.484 e. The van der Waals surface area contributed by atoms with Gasteiger partial charge in [-0.1, -0.05) is 11.6 Å². The lowest BCUT2D eigenvalue weighted by Gasteiger charge is -2.16. The first kappa shape index (κ1) is 11.4. The van der Waals surface area contributed by atoms with E-state index >= 15 is 0 Å². The molecule has 2 atom stereocenters. The van der Waals surface area contributed by atoms with Gasteiger partial charge in [-0.15, -0.1) is 0 Å². The first-order valence-electron chi connectivity index (χ1n) is 4.54. The summed E-state index contributed by atoms with van der Waals surface area (Å²) in [6.07, 6.45) is -0.850. The van der Waals surface area contributed by atoms with Gasteiger partial charge in [0.1, 0.15) is 18.0 Å². The molecule has 0 radical (unpaired) electrons. The van der Waals surface area contributed by atoms with E-state index in [0.29, 0.717) is 24.0 Å². The molecule has 1 aliphatic rings. The Bertz CT molecular complexity index is 359. The topological polar surface area (TPSA) is 38.7 Å². The van der Waals surface area contributed by atoms with Crippen LogP contribution < -0.4 is 4.74 Å². The summed E-state index contributed by atoms with van der Waals surface area (Å²) in [5.74, 6) is 0.692. The van der Waals surface area contributed by atoms with Crippen LogP contribution in [0.1, 0.15) is 0 Å². The van der Waals surface area contributed by atoms with Gasteiger partial charge in [0, 0.05) is 5.02 Å². The maximum atomic E-state index is 9.53. The molecule has 0 aliphatic carbocycles. The van der Waals surface area contributed by atoms with Gasteiger partial charge in [-0.05, 0) is 40.8 Å². The predicted octanol–water partition coefficient (Wildman–Crippen LogP) is 2.08. The average Bonchev–Trinajstić information content (AvgIpc) is 2.58. The third-order valence-electron chi connectivity index (χ3n) is 2.17. The molecular weight excluding hydrogens is 330 g/mol. The van der Waals surface area contributed by atoms with Gasteiger partial charge in [-0.2, -0.15) is 0 Å². The number of halogens is 2. The number of aliphatic hydroxyl groups excluding tert-OH is 1. The van der Waals surface area contributed by atoms with Crippen LogP contribution >= 0.6 is 34.2 Å². The van der Waals surface area contributed by atoms with E-state index in [1.807, 2.05) is 6.07 Å². The van der Waals surface area contributed by atoms with Gasteiger partial charge in [0.2, 0.25) is 0 Å². The molecule has 1 aromatic rings. The number of hydrogen-bond acceptors (Lipinski definition) is 3. The summed E-state index contributed by atoms with van der Waals surface area (Å²) in [4.78, 5) is 0. The minimum atomic E-state index is -0.556. The minimum Gasteiger partial charge on any atom is -0.484 e. The summed E-state index contributed by atoms with van der Waals surface area (Å²) >= 11 is 8.03. The van der Waals surface area contributed by atoms with Crippen molar-refractivity contribution >= 4 is 34.2 Å². The standard InChI is InChI=1S/C10H10ClIO3/c11-6-1-2-7(12)9(3-6)15-10-5-14-4-8(10)13/h1-3,8,10,13H,4-5H2/t8-,10-/m0/s1. The van der Waals surface area contributed by atoms with Gasteiger partial charge in [0.05, 0.1) is 16.8 Å². The lowest BCUT2D eigenvalue weighted by molar-refractivity contribution is 0.0728. The van der Waals surface area contributed by atoms with Gasteiger partial charge >= 0.3 is 0 Å². The summed E-state index contributed by atoms with van der Waals surface area (Å²) in [5.41, 5.74) is 0. The SMILES string of the molecule is O[C@H]1COC[C@@H]1Oc1cc(Cl)ccc1I. The molecule has 15 heavy (non-hydrogen) atoms. The van der Waals surface area contributed by atoms with E-state index < -0.39 is 6.10 Å². The first-order chi connectivity index (χ1) is 7.16. The second-order valence-electron chi connectivity index (χ2n) is 3.34. The monoisotopic (exact) mass is 340 g/mol. The van der Waals surface area contributed by atoms with Crippen LogP contribution in [-0.2, 0) is 4.74 Å². The van der Waals surface area contributed by atoms with Gasteiger partial charge in [-0.3, -0.25) is 0 Å². The Kier molecular flexibility index (Phi) is 3.71. The van der Waals surface area contributed by atoms with Crippen molar-refractivity contribution < 1.29 is 14.6 Å². The second kappa shape index (κ2) is 4.86. The molecule has 0 saturated carbocycles. The smallest absolute Gasteiger partial charge is 0.150 e. The normalized spacial score (nSPS) is 25.5. The molecule has 1 aliphatic heterocycles. The zero-order valence-corrected chi connectivity index (χ0v) is 10.7. The minimum absolute atomic E-state index is 0.294. The van der Waals surface area contributed by atoms with Gasteiger partial charge in [0.25, 0.3) is 0 Å². The fourth-order valence-corrected chi connectivity index (χ4v) is 1.99. The zero-order valence-electron chi connectivity index (χ0n) is 7.82. The highest BCUT2D eigenvalue weighted by atomic mass is 127. The van der Waals surface area contributed by atoms with Crippen LogP contribution in [0.15, 0.2) is 18.2 Å². The lowest BCUT2D eigenvalue weighted by atomic mass is 10.2. The molecule has 1 heterocycles. The summed E-state index contributed by atoms with van der Waals surface area (Å²) < 4.78 is 11.7. The van der Waals surface area contributed by atoms with Crippen molar-refractivity contribution in [2.24, 2.45) is 0 Å². The first-order valence-corrected chi connectivity index (χ1v) is 6.00. The Labute approximate surface area is 106 Å². The maximum absolute atomic E-state index is 9.53. The number of rotatable bonds is 2. The van der Waals surface area contributed by atoms with Crippen LogP contribution in [0.3, 0.4) is 0 Å². The lowest BCUT2D eigenvalue weighted by Crippen LogP contribution is -2.29. The molecule has 0 bridgehead atoms. The van der Waals surface area contributed by atoms with Crippen LogP contribution in [0.2, 0.25) is 5.02 Å². The van der Waals surface area contributed by atoms with Crippen LogP contribution in [0.5, 0.6) is 5.75 Å². The maximum Gasteiger partial charge on any atom is 0.150 e. The average molecular weight is 341 g/mol. The Balaban J connectivity index is 2.12. The van der Waals surface area contributed by atoms with E-state index in [0.717, 1.165) is 3.57 Å². The molecule has 3 nitrogen and oxygen atoms in total. The van der Waals surface area contributed by atoms with Crippen molar-refractivity contribution in [2.45, 2.75) is 12.2 Å². The van der Waals surface area contributed by atoms with Crippen molar-refractivity contribution in [3.05, 3.63) is 26.8 Å². The molecule has 0 amide bonds. The molecule has 1 fully saturated rings. The van der Waals surface area contributed by atoms with E-state index in [1.165, 1.54) is 0 Å². The summed E-state index contributed by atoms with van der Waals surface area (Å²) in [7, 11) is 0. The predicted molar refractivity (Wildman–Crippen MR) is 65.4 cm³/mol. The van der Waals surface area contributed by atoms with Crippen molar-refractivity contribution in [2.75, 3.05) is 13.2 Å². The Hall–Kier alpha value is -0.0400. The van der Waals surface area contributed by atoms with Crippen molar-refractivity contribution in [3.8, 4) is 5.75 Å². The number of hydrogen-bond donors (Lipinski definition) is 1. The fourth-order valence-electron chi connectivity index (χ4n) is 1.37. The second-order valence-corrected chi connectivity index (χ2v) is 4.93. The van der Waals surface area contributed by atoms with Crippen molar-refractivity contribution in [1.82, 2.24) is 0 Å². The van der Waals surface area contributed by atoms with E-state index in [-0.39, 0.29) is 6.10 Å². The highest BCUT2D eigenvalue weighted by Crippen LogP contribution is 2.27. The summed E-state index contributed by atoms with van der Waals surface area (Å²) in [6, 6.07) is 5.42. The highest BCUT2D eigenvalue weighted by molar-refractivity contribution is 14.1. The van der Waals surface area contributed by atoms with Crippen LogP contribution in [-0.4, -0.2) is 30.5 Å². The molecule has 5 heteroatoms. The quantitative estimate of drug-likeness (QED) is 0.838. The van der Waals surface area contributed by atoms with E-state index in [1.54, 1.807) is 12.1 Å². The summed E-state index contributed by atoms with van der Waals surface area (Å²) in [5, 5.41) is 10.1. The van der Waals surface area contributed by atoms with Gasteiger partial charge in [0.15, 0.2) is 0 Å². The molecule has 0 unspecified atom stereocenters. The number of aliphatic hydroxyl groups is 1. The third kappa shape index (κ3) is 2.75. The fraction of sp³-hybridized carbons (Fsp3) is 0.400. The van der Waals surface area contributed by atoms with Crippen LogP contribution in [0.4, 0.5) is 0 Å².